The third-order valence-corrected chi connectivity index (χ3v) is 3.82. The van der Waals surface area contributed by atoms with Gasteiger partial charge in [0.25, 0.3) is 0 Å². The topological polar surface area (TPSA) is 58.9 Å². The number of ether oxygens (including phenoxy) is 2. The number of aryl methyl sites for hydroxylation is 1. The maximum absolute atomic E-state index is 9.30. The lowest BCUT2D eigenvalue weighted by Gasteiger charge is -2.12. The Morgan fingerprint density at radius 1 is 0.680 bits per heavy atom. The molecule has 0 saturated carbocycles. The van der Waals surface area contributed by atoms with Crippen LogP contribution < -0.4 is 9.47 Å². The van der Waals surface area contributed by atoms with Gasteiger partial charge in [0.15, 0.2) is 0 Å². The van der Waals surface area contributed by atoms with E-state index in [1.54, 1.807) is 24.3 Å². The minimum Gasteiger partial charge on any atom is -0.508 e. The van der Waals surface area contributed by atoms with Crippen molar-refractivity contribution in [3.63, 3.8) is 0 Å². The smallest absolute Gasteiger partial charge is 0.122 e. The minimum absolute atomic E-state index is 0.245. The molecular weight excluding hydrogens is 316 g/mol. The van der Waals surface area contributed by atoms with Gasteiger partial charge in [-0.1, -0.05) is 24.3 Å². The van der Waals surface area contributed by atoms with Crippen molar-refractivity contribution in [1.82, 2.24) is 0 Å². The Morgan fingerprint density at radius 3 is 1.72 bits per heavy atom. The number of rotatable bonds is 6. The quantitative estimate of drug-likeness (QED) is 0.692. The van der Waals surface area contributed by atoms with Crippen molar-refractivity contribution in [2.24, 2.45) is 0 Å². The van der Waals surface area contributed by atoms with E-state index in [-0.39, 0.29) is 11.5 Å². The molecule has 0 fully saturated rings. The Bertz CT molecular complexity index is 824. The molecule has 0 aliphatic heterocycles. The number of hydrogen-bond donors (Lipinski definition) is 2. The first-order valence-corrected chi connectivity index (χ1v) is 8.02. The molecule has 0 aromatic heterocycles. The molecule has 128 valence electrons. The molecule has 0 heterocycles. The molecule has 0 aliphatic carbocycles. The number of hydrogen-bond acceptors (Lipinski definition) is 4. The first-order chi connectivity index (χ1) is 12.1. The summed E-state index contributed by atoms with van der Waals surface area (Å²) in [4.78, 5) is 0. The summed E-state index contributed by atoms with van der Waals surface area (Å²) in [5, 5.41) is 18.6. The molecule has 2 N–H and O–H groups in total. The normalized spacial score (nSPS) is 10.4. The van der Waals surface area contributed by atoms with Gasteiger partial charge < -0.3 is 19.7 Å². The van der Waals surface area contributed by atoms with Gasteiger partial charge in [0.1, 0.15) is 36.2 Å². The Hall–Kier alpha value is -3.14. The second-order valence-corrected chi connectivity index (χ2v) is 5.84. The minimum atomic E-state index is 0.245. The van der Waals surface area contributed by atoms with Crippen molar-refractivity contribution in [3.8, 4) is 23.0 Å². The van der Waals surface area contributed by atoms with Gasteiger partial charge in [0.05, 0.1) is 0 Å². The van der Waals surface area contributed by atoms with Crippen LogP contribution in [-0.2, 0) is 13.2 Å². The van der Waals surface area contributed by atoms with Crippen molar-refractivity contribution in [1.29, 1.82) is 0 Å². The molecule has 0 unspecified atom stereocenters. The lowest BCUT2D eigenvalue weighted by Crippen LogP contribution is -1.98. The van der Waals surface area contributed by atoms with Gasteiger partial charge in [0.2, 0.25) is 0 Å². The van der Waals surface area contributed by atoms with Gasteiger partial charge in [-0.2, -0.15) is 0 Å². The van der Waals surface area contributed by atoms with Crippen LogP contribution >= 0.6 is 0 Å². The van der Waals surface area contributed by atoms with Crippen LogP contribution in [0.2, 0.25) is 0 Å². The second kappa shape index (κ2) is 7.62. The zero-order valence-corrected chi connectivity index (χ0v) is 14.0. The number of aromatic hydroxyl groups is 2. The van der Waals surface area contributed by atoms with Gasteiger partial charge >= 0.3 is 0 Å². The van der Waals surface area contributed by atoms with E-state index in [1.807, 2.05) is 49.4 Å². The van der Waals surface area contributed by atoms with Crippen molar-refractivity contribution in [2.75, 3.05) is 0 Å². The summed E-state index contributed by atoms with van der Waals surface area (Å²) < 4.78 is 11.6. The summed E-state index contributed by atoms with van der Waals surface area (Å²) in [6.07, 6.45) is 0. The van der Waals surface area contributed by atoms with Gasteiger partial charge in [0, 0.05) is 0 Å². The maximum Gasteiger partial charge on any atom is 0.122 e. The number of phenolic OH excluding ortho intramolecular Hbond substituents is 2. The molecule has 0 spiro atoms. The third-order valence-electron chi connectivity index (χ3n) is 3.82. The number of phenols is 2. The summed E-state index contributed by atoms with van der Waals surface area (Å²) >= 11 is 0. The SMILES string of the molecule is Cc1cc(OCc2ccc(O)cc2)ccc1OCc1ccc(O)cc1. The van der Waals surface area contributed by atoms with E-state index in [4.69, 9.17) is 9.47 Å². The molecule has 4 heteroatoms. The lowest BCUT2D eigenvalue weighted by atomic mass is 10.2. The fraction of sp³-hybridized carbons (Fsp3) is 0.143. The fourth-order valence-electron chi connectivity index (χ4n) is 2.39. The zero-order valence-electron chi connectivity index (χ0n) is 14.0. The Labute approximate surface area is 146 Å². The highest BCUT2D eigenvalue weighted by Gasteiger charge is 2.04. The van der Waals surface area contributed by atoms with E-state index in [1.165, 1.54) is 0 Å². The molecule has 0 bridgehead atoms. The average Bonchev–Trinajstić information content (AvgIpc) is 2.62. The summed E-state index contributed by atoms with van der Waals surface area (Å²) in [5.74, 6) is 2.05. The number of benzene rings is 3. The Kier molecular flexibility index (Phi) is 5.09. The molecule has 3 aromatic carbocycles. The standard InChI is InChI=1S/C21H20O4/c1-15-12-20(24-13-16-2-6-18(22)7-3-16)10-11-21(15)25-14-17-4-8-19(23)9-5-17/h2-12,22-23H,13-14H2,1H3. The molecular formula is C21H20O4. The van der Waals surface area contributed by atoms with Crippen LogP contribution in [0.1, 0.15) is 16.7 Å². The van der Waals surface area contributed by atoms with Crippen molar-refractivity contribution in [2.45, 2.75) is 20.1 Å². The highest BCUT2D eigenvalue weighted by Crippen LogP contribution is 2.25. The first kappa shape index (κ1) is 16.7. The van der Waals surface area contributed by atoms with E-state index >= 15 is 0 Å². The van der Waals surface area contributed by atoms with Gasteiger partial charge in [-0.25, -0.2) is 0 Å². The maximum atomic E-state index is 9.30. The Morgan fingerprint density at radius 2 is 1.20 bits per heavy atom. The van der Waals surface area contributed by atoms with Gasteiger partial charge in [-0.05, 0) is 66.1 Å². The van der Waals surface area contributed by atoms with Crippen molar-refractivity contribution < 1.29 is 19.7 Å². The van der Waals surface area contributed by atoms with E-state index in [0.29, 0.717) is 13.2 Å². The van der Waals surface area contributed by atoms with Crippen LogP contribution in [0, 0.1) is 6.92 Å². The monoisotopic (exact) mass is 336 g/mol. The molecule has 0 saturated heterocycles. The molecule has 3 aromatic rings. The molecule has 25 heavy (non-hydrogen) atoms. The fourth-order valence-corrected chi connectivity index (χ4v) is 2.39. The molecule has 0 aliphatic rings. The van der Waals surface area contributed by atoms with Crippen LogP contribution in [0.5, 0.6) is 23.0 Å². The van der Waals surface area contributed by atoms with Crippen LogP contribution in [0.15, 0.2) is 66.7 Å². The summed E-state index contributed by atoms with van der Waals surface area (Å²) in [6, 6.07) is 19.6. The van der Waals surface area contributed by atoms with Crippen LogP contribution in [-0.4, -0.2) is 10.2 Å². The van der Waals surface area contributed by atoms with Crippen molar-refractivity contribution in [3.05, 3.63) is 83.4 Å². The van der Waals surface area contributed by atoms with Crippen LogP contribution in [0.25, 0.3) is 0 Å². The van der Waals surface area contributed by atoms with Gasteiger partial charge in [-0.3, -0.25) is 0 Å². The molecule has 0 atom stereocenters. The average molecular weight is 336 g/mol. The highest BCUT2D eigenvalue weighted by atomic mass is 16.5. The Balaban J connectivity index is 1.58. The largest absolute Gasteiger partial charge is 0.508 e. The molecule has 0 radical (unpaired) electrons. The molecule has 4 nitrogen and oxygen atoms in total. The summed E-state index contributed by atoms with van der Waals surface area (Å²) in [5.41, 5.74) is 2.97. The first-order valence-electron chi connectivity index (χ1n) is 8.02. The van der Waals surface area contributed by atoms with E-state index in [0.717, 1.165) is 28.2 Å². The van der Waals surface area contributed by atoms with Gasteiger partial charge in [-0.15, -0.1) is 0 Å². The predicted molar refractivity (Wildman–Crippen MR) is 96.1 cm³/mol. The second-order valence-electron chi connectivity index (χ2n) is 5.84. The van der Waals surface area contributed by atoms with Crippen molar-refractivity contribution >= 4 is 0 Å². The van der Waals surface area contributed by atoms with E-state index < -0.39 is 0 Å². The van der Waals surface area contributed by atoms with Crippen LogP contribution in [0.4, 0.5) is 0 Å². The third kappa shape index (κ3) is 4.67. The predicted octanol–water partition coefficient (Wildman–Crippen LogP) is 4.56. The summed E-state index contributed by atoms with van der Waals surface area (Å²) in [6.45, 7) is 2.85. The van der Waals surface area contributed by atoms with E-state index in [2.05, 4.69) is 0 Å². The summed E-state index contributed by atoms with van der Waals surface area (Å²) in [7, 11) is 0. The molecule has 3 rings (SSSR count). The van der Waals surface area contributed by atoms with E-state index in [9.17, 15) is 10.2 Å². The zero-order chi connectivity index (χ0) is 17.6. The highest BCUT2D eigenvalue weighted by molar-refractivity contribution is 5.39. The molecule has 0 amide bonds. The van der Waals surface area contributed by atoms with Crippen LogP contribution in [0.3, 0.4) is 0 Å². The lowest BCUT2D eigenvalue weighted by molar-refractivity contribution is 0.295.